The zero-order valence-corrected chi connectivity index (χ0v) is 26.7. The van der Waals surface area contributed by atoms with Crippen molar-refractivity contribution in [1.29, 1.82) is 0 Å². The third-order valence-electron chi connectivity index (χ3n) is 8.61. The highest BCUT2D eigenvalue weighted by Gasteiger charge is 2.72. The van der Waals surface area contributed by atoms with E-state index in [0.717, 1.165) is 5.56 Å². The average Bonchev–Trinajstić information content (AvgIpc) is 3.76. The Balaban J connectivity index is 1.19. The Morgan fingerprint density at radius 1 is 1.00 bits per heavy atom. The van der Waals surface area contributed by atoms with Crippen LogP contribution < -0.4 is 30.7 Å². The Morgan fingerprint density at radius 3 is 2.47 bits per heavy atom. The van der Waals surface area contributed by atoms with Gasteiger partial charge in [-0.2, -0.15) is 4.98 Å². The second kappa shape index (κ2) is 13.6. The van der Waals surface area contributed by atoms with Gasteiger partial charge in [0.25, 0.3) is 11.8 Å². The fourth-order valence-corrected chi connectivity index (χ4v) is 6.10. The lowest BCUT2D eigenvalue weighted by Gasteiger charge is -2.23. The van der Waals surface area contributed by atoms with Crippen LogP contribution in [-0.4, -0.2) is 64.6 Å². The van der Waals surface area contributed by atoms with Crippen LogP contribution in [0.25, 0.3) is 0 Å². The standard InChI is InChI=1S/C36H34N6O7/c1-23-18-30(40-34(37)39-23)48-17-5-6-24-11-14-29-28(19-24)32(46)38-21-31(45)42(29)26-12-9-25(10-13-26)20-36(35(22-44,41-36)15-16-43)33(47)49-27-7-3-2-4-8-27/h2-4,7-14,16,18-19,22,41H,5-6,15,17,20-21H2,1H3,(H,38,46)(H2,37,39,40)/t35?,36-/m0/s1. The predicted octanol–water partition coefficient (Wildman–Crippen LogP) is 2.80. The van der Waals surface area contributed by atoms with Gasteiger partial charge >= 0.3 is 5.97 Å². The third-order valence-corrected chi connectivity index (χ3v) is 8.61. The number of aldehydes is 2. The Kier molecular flexibility index (Phi) is 9.18. The van der Waals surface area contributed by atoms with Crippen molar-refractivity contribution in [3.8, 4) is 11.6 Å². The quantitative estimate of drug-likeness (QED) is 0.0627. The highest BCUT2D eigenvalue weighted by molar-refractivity contribution is 6.13. The third kappa shape index (κ3) is 6.74. The van der Waals surface area contributed by atoms with Gasteiger partial charge in [-0.15, -0.1) is 0 Å². The van der Waals surface area contributed by atoms with Gasteiger partial charge in [-0.3, -0.25) is 19.8 Å². The Hall–Kier alpha value is -5.95. The van der Waals surface area contributed by atoms with Crippen LogP contribution in [0.3, 0.4) is 0 Å². The van der Waals surface area contributed by atoms with Gasteiger partial charge in [-0.25, -0.2) is 9.78 Å². The molecular formula is C36H34N6O7. The highest BCUT2D eigenvalue weighted by Crippen LogP contribution is 2.44. The SMILES string of the molecule is Cc1cc(OCCCc2ccc3c(c2)C(=O)NCC(=O)N3c2ccc(C[C@@]3(C(=O)Oc4ccccc4)NC3(C=O)CC=O)cc2)nc(N)n1. The first-order chi connectivity index (χ1) is 23.7. The van der Waals surface area contributed by atoms with E-state index in [1.54, 1.807) is 79.7 Å². The Bertz CT molecular complexity index is 1900. The number of aromatic nitrogens is 2. The molecule has 2 aliphatic rings. The molecule has 0 bridgehead atoms. The summed E-state index contributed by atoms with van der Waals surface area (Å²) in [7, 11) is 0. The maximum absolute atomic E-state index is 13.4. The number of nitrogens with two attached hydrogens (primary N) is 1. The number of nitrogens with zero attached hydrogens (tertiary/aromatic N) is 3. The minimum atomic E-state index is -1.46. The maximum atomic E-state index is 13.4. The van der Waals surface area contributed by atoms with Crippen LogP contribution in [-0.2, 0) is 32.0 Å². The number of nitrogen functional groups attached to an aromatic ring is 1. The van der Waals surface area contributed by atoms with Gasteiger partial charge in [0.15, 0.2) is 0 Å². The van der Waals surface area contributed by atoms with E-state index in [9.17, 15) is 24.0 Å². The van der Waals surface area contributed by atoms with Gasteiger partial charge < -0.3 is 30.1 Å². The fourth-order valence-electron chi connectivity index (χ4n) is 6.10. The predicted molar refractivity (Wildman–Crippen MR) is 178 cm³/mol. The molecule has 1 saturated heterocycles. The number of hydrogen-bond acceptors (Lipinski definition) is 11. The van der Waals surface area contributed by atoms with Crippen molar-refractivity contribution in [2.24, 2.45) is 0 Å². The zero-order chi connectivity index (χ0) is 34.6. The van der Waals surface area contributed by atoms with Crippen molar-refractivity contribution in [3.63, 3.8) is 0 Å². The van der Waals surface area contributed by atoms with E-state index >= 15 is 0 Å². The van der Waals surface area contributed by atoms with Crippen LogP contribution >= 0.6 is 0 Å². The number of anilines is 3. The van der Waals surface area contributed by atoms with Crippen molar-refractivity contribution in [2.45, 2.75) is 43.7 Å². The second-order valence-electron chi connectivity index (χ2n) is 12.0. The molecule has 13 heteroatoms. The molecule has 6 rings (SSSR count). The molecule has 0 radical (unpaired) electrons. The molecule has 1 aromatic heterocycles. The summed E-state index contributed by atoms with van der Waals surface area (Å²) in [5.41, 5.74) is 6.36. The molecule has 13 nitrogen and oxygen atoms in total. The molecule has 0 saturated carbocycles. The van der Waals surface area contributed by atoms with E-state index in [1.807, 2.05) is 6.07 Å². The van der Waals surface area contributed by atoms with E-state index in [-0.39, 0.29) is 37.1 Å². The van der Waals surface area contributed by atoms with Crippen molar-refractivity contribution in [3.05, 3.63) is 101 Å². The molecule has 0 aliphatic carbocycles. The summed E-state index contributed by atoms with van der Waals surface area (Å²) in [6.45, 7) is 1.97. The molecule has 4 aromatic rings. The molecule has 3 aromatic carbocycles. The molecule has 2 aliphatic heterocycles. The summed E-state index contributed by atoms with van der Waals surface area (Å²) >= 11 is 0. The van der Waals surface area contributed by atoms with E-state index in [0.29, 0.717) is 71.8 Å². The minimum absolute atomic E-state index is 0.0490. The summed E-state index contributed by atoms with van der Waals surface area (Å²) in [4.78, 5) is 73.1. The van der Waals surface area contributed by atoms with E-state index in [1.165, 1.54) is 4.90 Å². The molecule has 3 heterocycles. The number of para-hydroxylation sites is 1. The molecule has 4 N–H and O–H groups in total. The van der Waals surface area contributed by atoms with E-state index < -0.39 is 17.0 Å². The lowest BCUT2D eigenvalue weighted by atomic mass is 9.85. The maximum Gasteiger partial charge on any atom is 0.334 e. The van der Waals surface area contributed by atoms with Gasteiger partial charge in [0.2, 0.25) is 11.8 Å². The molecule has 1 fully saturated rings. The molecule has 250 valence electrons. The topological polar surface area (TPSA) is 193 Å². The Labute approximate surface area is 281 Å². The monoisotopic (exact) mass is 662 g/mol. The number of esters is 1. The summed E-state index contributed by atoms with van der Waals surface area (Å²) < 4.78 is 11.3. The summed E-state index contributed by atoms with van der Waals surface area (Å²) in [6.07, 6.45) is 2.27. The molecule has 0 spiro atoms. The largest absolute Gasteiger partial charge is 0.478 e. The van der Waals surface area contributed by atoms with Crippen molar-refractivity contribution < 1.29 is 33.4 Å². The number of hydrogen-bond donors (Lipinski definition) is 3. The number of aryl methyl sites for hydroxylation is 2. The normalized spacial score (nSPS) is 19.7. The van der Waals surface area contributed by atoms with Gasteiger partial charge in [0.1, 0.15) is 29.4 Å². The average molecular weight is 663 g/mol. The first kappa shape index (κ1) is 33.0. The van der Waals surface area contributed by atoms with Gasteiger partial charge in [0, 0.05) is 30.3 Å². The van der Waals surface area contributed by atoms with Gasteiger partial charge in [-0.05, 0) is 67.3 Å². The van der Waals surface area contributed by atoms with Crippen molar-refractivity contribution >= 4 is 47.7 Å². The number of fused-ring (bicyclic) bond motifs is 1. The van der Waals surface area contributed by atoms with Crippen LogP contribution in [0.5, 0.6) is 11.6 Å². The van der Waals surface area contributed by atoms with Crippen LogP contribution in [0.1, 0.15) is 40.0 Å². The highest BCUT2D eigenvalue weighted by atomic mass is 16.5. The van der Waals surface area contributed by atoms with Crippen LogP contribution in [0.2, 0.25) is 0 Å². The van der Waals surface area contributed by atoms with Crippen LogP contribution in [0, 0.1) is 6.92 Å². The number of nitrogens with one attached hydrogen (secondary N) is 2. The lowest BCUT2D eigenvalue weighted by Crippen LogP contribution is -2.41. The molecular weight excluding hydrogens is 628 g/mol. The van der Waals surface area contributed by atoms with Crippen LogP contribution in [0.15, 0.2) is 78.9 Å². The summed E-state index contributed by atoms with van der Waals surface area (Å²) in [5, 5.41) is 5.64. The first-order valence-corrected chi connectivity index (χ1v) is 15.7. The molecule has 2 atom stereocenters. The van der Waals surface area contributed by atoms with Gasteiger partial charge in [0.05, 0.1) is 24.4 Å². The van der Waals surface area contributed by atoms with Crippen molar-refractivity contribution in [1.82, 2.24) is 20.6 Å². The molecule has 1 unspecified atom stereocenters. The number of carbonyl (C=O) groups is 5. The van der Waals surface area contributed by atoms with Crippen molar-refractivity contribution in [2.75, 3.05) is 23.8 Å². The number of benzene rings is 3. The fraction of sp³-hybridized carbons (Fsp3) is 0.250. The number of amides is 2. The van der Waals surface area contributed by atoms with Gasteiger partial charge in [-0.1, -0.05) is 36.4 Å². The lowest BCUT2D eigenvalue weighted by molar-refractivity contribution is -0.138. The number of ether oxygens (including phenoxy) is 2. The smallest absolute Gasteiger partial charge is 0.334 e. The van der Waals surface area contributed by atoms with E-state index in [2.05, 4.69) is 20.6 Å². The number of rotatable bonds is 13. The minimum Gasteiger partial charge on any atom is -0.478 e. The van der Waals surface area contributed by atoms with E-state index in [4.69, 9.17) is 15.2 Å². The van der Waals surface area contributed by atoms with Crippen LogP contribution in [0.4, 0.5) is 17.3 Å². The Morgan fingerprint density at radius 2 is 1.76 bits per heavy atom. The zero-order valence-electron chi connectivity index (χ0n) is 26.7. The summed E-state index contributed by atoms with van der Waals surface area (Å²) in [5.74, 6) is -0.546. The number of carbonyl (C=O) groups excluding carboxylic acids is 5. The molecule has 2 amide bonds. The first-order valence-electron chi connectivity index (χ1n) is 15.7. The second-order valence-corrected chi connectivity index (χ2v) is 12.0. The molecule has 49 heavy (non-hydrogen) atoms. The summed E-state index contributed by atoms with van der Waals surface area (Å²) in [6, 6.07) is 22.4.